The average molecular weight is 296 g/mol. The van der Waals surface area contributed by atoms with Gasteiger partial charge in [0.25, 0.3) is 5.91 Å². The summed E-state index contributed by atoms with van der Waals surface area (Å²) in [5.74, 6) is 0.0486. The van der Waals surface area contributed by atoms with Gasteiger partial charge in [0, 0.05) is 26.6 Å². The third-order valence-electron chi connectivity index (χ3n) is 5.40. The van der Waals surface area contributed by atoms with Crippen molar-refractivity contribution in [3.05, 3.63) is 0 Å². The van der Waals surface area contributed by atoms with Crippen molar-refractivity contribution >= 4 is 11.8 Å². The fourth-order valence-corrected chi connectivity index (χ4v) is 3.54. The molecule has 0 bridgehead atoms. The van der Waals surface area contributed by atoms with E-state index in [-0.39, 0.29) is 17.2 Å². The lowest BCUT2D eigenvalue weighted by atomic mass is 9.82. The summed E-state index contributed by atoms with van der Waals surface area (Å²) < 4.78 is 5.77. The van der Waals surface area contributed by atoms with Gasteiger partial charge in [0.15, 0.2) is 5.60 Å². The molecule has 1 atom stereocenters. The van der Waals surface area contributed by atoms with Gasteiger partial charge in [0.1, 0.15) is 0 Å². The Balaban J connectivity index is 2.07. The third kappa shape index (κ3) is 3.07. The molecule has 0 aliphatic carbocycles. The van der Waals surface area contributed by atoms with Crippen molar-refractivity contribution in [1.82, 2.24) is 9.80 Å². The Morgan fingerprint density at radius 3 is 2.29 bits per heavy atom. The molecule has 2 aliphatic heterocycles. The van der Waals surface area contributed by atoms with Crippen molar-refractivity contribution in [1.29, 1.82) is 0 Å². The first kappa shape index (κ1) is 16.3. The van der Waals surface area contributed by atoms with Crippen LogP contribution in [-0.2, 0) is 14.3 Å². The molecule has 0 N–H and O–H groups in total. The van der Waals surface area contributed by atoms with Gasteiger partial charge in [-0.15, -0.1) is 0 Å². The zero-order valence-corrected chi connectivity index (χ0v) is 13.8. The van der Waals surface area contributed by atoms with Crippen molar-refractivity contribution < 1.29 is 14.3 Å². The Morgan fingerprint density at radius 2 is 1.76 bits per heavy atom. The van der Waals surface area contributed by atoms with E-state index in [2.05, 4.69) is 13.8 Å². The van der Waals surface area contributed by atoms with Crippen molar-refractivity contribution in [2.45, 2.75) is 52.6 Å². The summed E-state index contributed by atoms with van der Waals surface area (Å²) in [5.41, 5.74) is -0.623. The molecule has 0 radical (unpaired) electrons. The highest BCUT2D eigenvalue weighted by molar-refractivity contribution is 5.86. The van der Waals surface area contributed by atoms with Crippen LogP contribution in [0.5, 0.6) is 0 Å². The molecule has 2 amide bonds. The molecule has 5 nitrogen and oxygen atoms in total. The van der Waals surface area contributed by atoms with Crippen LogP contribution in [0.2, 0.25) is 0 Å². The second-order valence-electron chi connectivity index (χ2n) is 6.70. The van der Waals surface area contributed by atoms with E-state index in [1.807, 2.05) is 11.8 Å². The number of nitrogens with zero attached hydrogens (tertiary/aromatic N) is 2. The van der Waals surface area contributed by atoms with Gasteiger partial charge in [-0.2, -0.15) is 0 Å². The molecule has 120 valence electrons. The molecule has 5 heteroatoms. The van der Waals surface area contributed by atoms with E-state index in [0.717, 1.165) is 32.4 Å². The fraction of sp³-hybridized carbons (Fsp3) is 0.875. The third-order valence-corrected chi connectivity index (χ3v) is 5.40. The average Bonchev–Trinajstić information content (AvgIpc) is 2.91. The van der Waals surface area contributed by atoms with Gasteiger partial charge in [0.2, 0.25) is 5.91 Å². The molecule has 0 aromatic rings. The first-order chi connectivity index (χ1) is 9.86. The summed E-state index contributed by atoms with van der Waals surface area (Å²) in [5, 5.41) is 0. The summed E-state index contributed by atoms with van der Waals surface area (Å²) >= 11 is 0. The van der Waals surface area contributed by atoms with E-state index >= 15 is 0 Å². The van der Waals surface area contributed by atoms with Crippen LogP contribution in [0.3, 0.4) is 0 Å². The van der Waals surface area contributed by atoms with Crippen molar-refractivity contribution in [2.24, 2.45) is 5.41 Å². The van der Waals surface area contributed by atoms with Gasteiger partial charge in [-0.1, -0.05) is 13.8 Å². The largest absolute Gasteiger partial charge is 0.362 e. The first-order valence-corrected chi connectivity index (χ1v) is 8.05. The van der Waals surface area contributed by atoms with Crippen LogP contribution in [0.15, 0.2) is 0 Å². The van der Waals surface area contributed by atoms with Crippen LogP contribution in [0.4, 0.5) is 0 Å². The van der Waals surface area contributed by atoms with Gasteiger partial charge in [-0.3, -0.25) is 9.59 Å². The number of hydrogen-bond donors (Lipinski definition) is 0. The molecule has 2 heterocycles. The number of likely N-dealkylation sites (tertiary alicyclic amines) is 1. The normalized spacial score (nSPS) is 28.8. The number of carbonyl (C=O) groups is 2. The molecule has 0 aromatic carbocycles. The first-order valence-electron chi connectivity index (χ1n) is 8.05. The van der Waals surface area contributed by atoms with Crippen LogP contribution in [0, 0.1) is 5.41 Å². The van der Waals surface area contributed by atoms with Gasteiger partial charge < -0.3 is 14.5 Å². The maximum atomic E-state index is 12.9. The van der Waals surface area contributed by atoms with E-state index in [0.29, 0.717) is 19.7 Å². The zero-order chi connectivity index (χ0) is 15.7. The Morgan fingerprint density at radius 1 is 1.10 bits per heavy atom. The van der Waals surface area contributed by atoms with Crippen LogP contribution in [0.25, 0.3) is 0 Å². The van der Waals surface area contributed by atoms with Crippen molar-refractivity contribution in [3.63, 3.8) is 0 Å². The molecular formula is C16H28N2O3. The SMILES string of the molecule is CCC1(CC)CCN(C(=O)[C@]2(C)CN(C(C)=O)CCO2)C1. The predicted molar refractivity (Wildman–Crippen MR) is 80.8 cm³/mol. The molecule has 0 saturated carbocycles. The number of amides is 2. The molecule has 0 unspecified atom stereocenters. The molecule has 2 saturated heterocycles. The Bertz CT molecular complexity index is 420. The molecule has 21 heavy (non-hydrogen) atoms. The van der Waals surface area contributed by atoms with E-state index in [4.69, 9.17) is 4.74 Å². The fourth-order valence-electron chi connectivity index (χ4n) is 3.54. The van der Waals surface area contributed by atoms with Crippen LogP contribution in [-0.4, -0.2) is 60.0 Å². The minimum Gasteiger partial charge on any atom is -0.362 e. The van der Waals surface area contributed by atoms with Crippen molar-refractivity contribution in [2.75, 3.05) is 32.8 Å². The monoisotopic (exact) mass is 296 g/mol. The quantitative estimate of drug-likeness (QED) is 0.796. The van der Waals surface area contributed by atoms with Crippen LogP contribution in [0.1, 0.15) is 47.0 Å². The van der Waals surface area contributed by atoms with Crippen LogP contribution < -0.4 is 0 Å². The summed E-state index contributed by atoms with van der Waals surface area (Å²) in [6.45, 7) is 10.8. The van der Waals surface area contributed by atoms with E-state index in [9.17, 15) is 9.59 Å². The van der Waals surface area contributed by atoms with Gasteiger partial charge in [-0.05, 0) is 31.6 Å². The molecular weight excluding hydrogens is 268 g/mol. The second kappa shape index (κ2) is 5.95. The maximum absolute atomic E-state index is 12.9. The Kier molecular flexibility index (Phi) is 4.61. The lowest BCUT2D eigenvalue weighted by molar-refractivity contribution is -0.170. The lowest BCUT2D eigenvalue weighted by Crippen LogP contribution is -2.59. The van der Waals surface area contributed by atoms with E-state index in [1.165, 1.54) is 0 Å². The highest BCUT2D eigenvalue weighted by atomic mass is 16.5. The summed E-state index contributed by atoms with van der Waals surface area (Å²) in [6.07, 6.45) is 3.27. The maximum Gasteiger partial charge on any atom is 0.256 e. The predicted octanol–water partition coefficient (Wildman–Crippen LogP) is 1.66. The number of morpholine rings is 1. The Labute approximate surface area is 127 Å². The standard InChI is InChI=1S/C16H28N2O3/c1-5-16(6-2)7-8-18(12-16)14(20)15(4)11-17(13(3)19)9-10-21-15/h5-12H2,1-4H3/t15-/m0/s1. The topological polar surface area (TPSA) is 49.9 Å². The summed E-state index contributed by atoms with van der Waals surface area (Å²) in [6, 6.07) is 0. The van der Waals surface area contributed by atoms with E-state index < -0.39 is 5.60 Å². The van der Waals surface area contributed by atoms with E-state index in [1.54, 1.807) is 11.8 Å². The summed E-state index contributed by atoms with van der Waals surface area (Å²) in [4.78, 5) is 28.1. The van der Waals surface area contributed by atoms with Gasteiger partial charge in [-0.25, -0.2) is 0 Å². The van der Waals surface area contributed by atoms with Crippen molar-refractivity contribution in [3.8, 4) is 0 Å². The smallest absolute Gasteiger partial charge is 0.256 e. The van der Waals surface area contributed by atoms with Gasteiger partial charge in [0.05, 0.1) is 13.2 Å². The molecule has 0 spiro atoms. The highest BCUT2D eigenvalue weighted by Gasteiger charge is 2.46. The number of ether oxygens (including phenoxy) is 1. The zero-order valence-electron chi connectivity index (χ0n) is 13.8. The van der Waals surface area contributed by atoms with Gasteiger partial charge >= 0.3 is 0 Å². The number of rotatable bonds is 3. The molecule has 2 fully saturated rings. The Hall–Kier alpha value is -1.10. The second-order valence-corrected chi connectivity index (χ2v) is 6.70. The summed E-state index contributed by atoms with van der Waals surface area (Å²) in [7, 11) is 0. The van der Waals surface area contributed by atoms with Crippen LogP contribution >= 0.6 is 0 Å². The molecule has 2 aliphatic rings. The minimum atomic E-state index is -0.887. The molecule has 0 aromatic heterocycles. The number of carbonyl (C=O) groups excluding carboxylic acids is 2. The highest BCUT2D eigenvalue weighted by Crippen LogP contribution is 2.38. The minimum absolute atomic E-state index is 0.00945. The number of hydrogen-bond acceptors (Lipinski definition) is 3. The lowest BCUT2D eigenvalue weighted by Gasteiger charge is -2.41. The molecule has 2 rings (SSSR count).